The first-order valence-electron chi connectivity index (χ1n) is 5.67. The van der Waals surface area contributed by atoms with Crippen LogP contribution in [0.15, 0.2) is 36.7 Å². The van der Waals surface area contributed by atoms with Gasteiger partial charge in [-0.1, -0.05) is 6.07 Å². The minimum absolute atomic E-state index is 0.412. The Balaban J connectivity index is 2.32. The number of halogens is 1. The lowest BCUT2D eigenvalue weighted by Crippen LogP contribution is -1.93. The third-order valence-corrected chi connectivity index (χ3v) is 3.00. The van der Waals surface area contributed by atoms with Crippen LogP contribution in [0.3, 0.4) is 0 Å². The summed E-state index contributed by atoms with van der Waals surface area (Å²) < 4.78 is 15.1. The number of imidazole rings is 1. The number of fused-ring (bicyclic) bond motifs is 1. The maximum Gasteiger partial charge on any atom is 0.142 e. The Hall–Kier alpha value is -2.74. The fraction of sp³-hybridized carbons (Fsp3) is 0.0714. The molecule has 3 rings (SSSR count). The maximum atomic E-state index is 13.2. The molecule has 0 saturated heterocycles. The number of hydrogen-bond acceptors (Lipinski definition) is 3. The van der Waals surface area contributed by atoms with Crippen molar-refractivity contribution in [3.8, 4) is 17.5 Å². The van der Waals surface area contributed by atoms with Crippen molar-refractivity contribution in [2.45, 2.75) is 0 Å². The van der Waals surface area contributed by atoms with Gasteiger partial charge in [0.1, 0.15) is 23.2 Å². The van der Waals surface area contributed by atoms with Crippen LogP contribution < -0.4 is 0 Å². The van der Waals surface area contributed by atoms with E-state index in [1.807, 2.05) is 17.7 Å². The van der Waals surface area contributed by atoms with Gasteiger partial charge in [0.05, 0.1) is 17.3 Å². The van der Waals surface area contributed by atoms with Gasteiger partial charge >= 0.3 is 0 Å². The monoisotopic (exact) mass is 252 g/mol. The summed E-state index contributed by atoms with van der Waals surface area (Å²) in [4.78, 5) is 8.25. The van der Waals surface area contributed by atoms with Gasteiger partial charge in [-0.15, -0.1) is 0 Å². The summed E-state index contributed by atoms with van der Waals surface area (Å²) in [5.41, 5.74) is 2.54. The lowest BCUT2D eigenvalue weighted by molar-refractivity contribution is 0.621. The first-order chi connectivity index (χ1) is 9.20. The first-order valence-corrected chi connectivity index (χ1v) is 5.67. The van der Waals surface area contributed by atoms with E-state index in [1.54, 1.807) is 18.3 Å². The van der Waals surface area contributed by atoms with Gasteiger partial charge in [-0.3, -0.25) is 4.98 Å². The number of nitriles is 1. The van der Waals surface area contributed by atoms with E-state index in [2.05, 4.69) is 16.0 Å². The van der Waals surface area contributed by atoms with Crippen LogP contribution in [0.2, 0.25) is 0 Å². The molecule has 0 aliphatic rings. The van der Waals surface area contributed by atoms with E-state index in [4.69, 9.17) is 5.26 Å². The second-order valence-electron chi connectivity index (χ2n) is 4.17. The summed E-state index contributed by atoms with van der Waals surface area (Å²) in [7, 11) is 1.83. The molecule has 19 heavy (non-hydrogen) atoms. The summed E-state index contributed by atoms with van der Waals surface area (Å²) in [5.74, 6) is 0.176. The quantitative estimate of drug-likeness (QED) is 0.669. The lowest BCUT2D eigenvalue weighted by Gasteiger charge is -2.01. The van der Waals surface area contributed by atoms with E-state index in [-0.39, 0.29) is 0 Å². The van der Waals surface area contributed by atoms with Crippen LogP contribution in [0, 0.1) is 17.1 Å². The number of hydrogen-bond donors (Lipinski definition) is 0. The molecule has 0 saturated carbocycles. The van der Waals surface area contributed by atoms with E-state index >= 15 is 0 Å². The molecule has 5 heteroatoms. The van der Waals surface area contributed by atoms with Gasteiger partial charge in [0, 0.05) is 18.8 Å². The van der Waals surface area contributed by atoms with Gasteiger partial charge in [0.25, 0.3) is 0 Å². The second kappa shape index (κ2) is 4.18. The molecule has 4 nitrogen and oxygen atoms in total. The fourth-order valence-corrected chi connectivity index (χ4v) is 2.10. The van der Waals surface area contributed by atoms with Crippen molar-refractivity contribution < 1.29 is 4.39 Å². The van der Waals surface area contributed by atoms with Crippen molar-refractivity contribution in [2.24, 2.45) is 7.05 Å². The predicted molar refractivity (Wildman–Crippen MR) is 68.6 cm³/mol. The average molecular weight is 252 g/mol. The molecule has 0 aliphatic carbocycles. The summed E-state index contributed by atoms with van der Waals surface area (Å²) in [6.45, 7) is 0. The summed E-state index contributed by atoms with van der Waals surface area (Å²) in [6, 6.07) is 8.87. The maximum absolute atomic E-state index is 13.2. The minimum Gasteiger partial charge on any atom is -0.327 e. The molecule has 0 unspecified atom stereocenters. The molecule has 0 spiro atoms. The zero-order chi connectivity index (χ0) is 13.4. The number of pyridine rings is 1. The van der Waals surface area contributed by atoms with Crippen molar-refractivity contribution in [1.82, 2.24) is 14.5 Å². The van der Waals surface area contributed by atoms with Crippen LogP contribution in [0.25, 0.3) is 22.4 Å². The van der Waals surface area contributed by atoms with Crippen molar-refractivity contribution in [1.29, 1.82) is 5.26 Å². The van der Waals surface area contributed by atoms with Crippen molar-refractivity contribution in [3.05, 3.63) is 48.0 Å². The zero-order valence-electron chi connectivity index (χ0n) is 10.1. The van der Waals surface area contributed by atoms with Crippen LogP contribution in [0.1, 0.15) is 5.56 Å². The van der Waals surface area contributed by atoms with E-state index in [1.165, 1.54) is 6.07 Å². The van der Waals surface area contributed by atoms with Crippen LogP contribution in [0.5, 0.6) is 0 Å². The van der Waals surface area contributed by atoms with Crippen LogP contribution in [0.4, 0.5) is 4.39 Å². The molecular weight excluding hydrogens is 243 g/mol. The third-order valence-electron chi connectivity index (χ3n) is 3.00. The standard InChI is InChI=1S/C14H9FN4/c1-19-12-4-2-3-9(6-16)13(12)18-14(19)10-5-11(15)8-17-7-10/h2-5,7-8H,1H3. The summed E-state index contributed by atoms with van der Waals surface area (Å²) in [5, 5.41) is 9.08. The molecule has 2 heterocycles. The Labute approximate surface area is 108 Å². The number of aryl methyl sites for hydroxylation is 1. The van der Waals surface area contributed by atoms with Gasteiger partial charge in [-0.2, -0.15) is 5.26 Å². The number of benzene rings is 1. The molecule has 2 aromatic heterocycles. The molecule has 0 amide bonds. The molecule has 92 valence electrons. The lowest BCUT2D eigenvalue weighted by atomic mass is 10.2. The largest absolute Gasteiger partial charge is 0.327 e. The molecule has 3 aromatic rings. The number of nitrogens with zero attached hydrogens (tertiary/aromatic N) is 4. The van der Waals surface area contributed by atoms with Crippen molar-refractivity contribution in [3.63, 3.8) is 0 Å². The highest BCUT2D eigenvalue weighted by Gasteiger charge is 2.13. The topological polar surface area (TPSA) is 54.5 Å². The van der Waals surface area contributed by atoms with E-state index < -0.39 is 5.82 Å². The highest BCUT2D eigenvalue weighted by molar-refractivity contribution is 5.85. The number of aromatic nitrogens is 3. The molecule has 0 bridgehead atoms. The van der Waals surface area contributed by atoms with Gasteiger partial charge in [-0.05, 0) is 18.2 Å². The van der Waals surface area contributed by atoms with E-state index in [0.717, 1.165) is 11.7 Å². The number of para-hydroxylation sites is 1. The third kappa shape index (κ3) is 1.74. The minimum atomic E-state index is -0.412. The van der Waals surface area contributed by atoms with Crippen molar-refractivity contribution >= 4 is 11.0 Å². The van der Waals surface area contributed by atoms with E-state index in [9.17, 15) is 4.39 Å². The van der Waals surface area contributed by atoms with Gasteiger partial charge < -0.3 is 4.57 Å². The summed E-state index contributed by atoms with van der Waals surface area (Å²) in [6.07, 6.45) is 2.70. The molecule has 0 fully saturated rings. The Morgan fingerprint density at radius 3 is 2.89 bits per heavy atom. The normalized spacial score (nSPS) is 10.6. The molecule has 0 radical (unpaired) electrons. The van der Waals surface area contributed by atoms with Gasteiger partial charge in [0.2, 0.25) is 0 Å². The van der Waals surface area contributed by atoms with Crippen LogP contribution in [-0.2, 0) is 7.05 Å². The molecule has 0 N–H and O–H groups in total. The first kappa shape index (κ1) is 11.4. The SMILES string of the molecule is Cn1c(-c2cncc(F)c2)nc2c(C#N)cccc21. The molecule has 1 aromatic carbocycles. The van der Waals surface area contributed by atoms with E-state index in [0.29, 0.717) is 22.5 Å². The Bertz CT molecular complexity index is 814. The zero-order valence-corrected chi connectivity index (χ0v) is 10.1. The Kier molecular flexibility index (Phi) is 2.50. The highest BCUT2D eigenvalue weighted by Crippen LogP contribution is 2.25. The van der Waals surface area contributed by atoms with Gasteiger partial charge in [0.15, 0.2) is 0 Å². The van der Waals surface area contributed by atoms with Crippen LogP contribution >= 0.6 is 0 Å². The van der Waals surface area contributed by atoms with Gasteiger partial charge in [-0.25, -0.2) is 9.37 Å². The number of rotatable bonds is 1. The molecule has 0 atom stereocenters. The van der Waals surface area contributed by atoms with Crippen molar-refractivity contribution in [2.75, 3.05) is 0 Å². The average Bonchev–Trinajstić information content (AvgIpc) is 2.76. The second-order valence-corrected chi connectivity index (χ2v) is 4.17. The molecular formula is C14H9FN4. The van der Waals surface area contributed by atoms with Crippen LogP contribution in [-0.4, -0.2) is 14.5 Å². The summed E-state index contributed by atoms with van der Waals surface area (Å²) >= 11 is 0. The highest BCUT2D eigenvalue weighted by atomic mass is 19.1. The fourth-order valence-electron chi connectivity index (χ4n) is 2.10. The molecule has 0 aliphatic heterocycles. The Morgan fingerprint density at radius 1 is 1.32 bits per heavy atom. The smallest absolute Gasteiger partial charge is 0.142 e. The Morgan fingerprint density at radius 2 is 2.16 bits per heavy atom. The predicted octanol–water partition coefficient (Wildman–Crippen LogP) is 2.65.